The van der Waals surface area contributed by atoms with Crippen LogP contribution in [0.1, 0.15) is 38.2 Å². The predicted octanol–water partition coefficient (Wildman–Crippen LogP) is 3.97. The number of carbonyl (C=O) groups excluding carboxylic acids is 2. The minimum Gasteiger partial charge on any atom is -0.325 e. The van der Waals surface area contributed by atoms with Crippen molar-refractivity contribution >= 4 is 44.6 Å². The van der Waals surface area contributed by atoms with Gasteiger partial charge in [0, 0.05) is 29.9 Å². The minimum absolute atomic E-state index is 0.0236. The summed E-state index contributed by atoms with van der Waals surface area (Å²) in [6.07, 6.45) is 2.63. The smallest absolute Gasteiger partial charge is 0.246 e. The van der Waals surface area contributed by atoms with E-state index in [4.69, 9.17) is 11.6 Å². The van der Waals surface area contributed by atoms with Gasteiger partial charge in [-0.2, -0.15) is 0 Å². The zero-order chi connectivity index (χ0) is 21.5. The molecule has 1 saturated carbocycles. The first-order chi connectivity index (χ1) is 14.2. The highest BCUT2D eigenvalue weighted by Gasteiger charge is 2.53. The molecule has 2 aromatic carbocycles. The summed E-state index contributed by atoms with van der Waals surface area (Å²) in [4.78, 5) is 26.9. The largest absolute Gasteiger partial charge is 0.325 e. The van der Waals surface area contributed by atoms with Gasteiger partial charge in [-0.05, 0) is 67.3 Å². The van der Waals surface area contributed by atoms with E-state index in [9.17, 15) is 18.0 Å². The van der Waals surface area contributed by atoms with Crippen LogP contribution in [0.15, 0.2) is 47.4 Å². The maximum atomic E-state index is 13.5. The average molecular weight is 447 g/mol. The molecule has 0 bridgehead atoms. The lowest BCUT2D eigenvalue weighted by Crippen LogP contribution is -2.47. The molecule has 2 amide bonds. The second-order valence-electron chi connectivity index (χ2n) is 7.88. The highest BCUT2D eigenvalue weighted by Crippen LogP contribution is 2.42. The van der Waals surface area contributed by atoms with E-state index in [1.165, 1.54) is 31.2 Å². The third-order valence-corrected chi connectivity index (χ3v) is 8.84. The van der Waals surface area contributed by atoms with Crippen molar-refractivity contribution in [2.24, 2.45) is 0 Å². The van der Waals surface area contributed by atoms with Crippen LogP contribution in [-0.2, 0) is 25.8 Å². The van der Waals surface area contributed by atoms with E-state index in [0.29, 0.717) is 36.5 Å². The second-order valence-corrected chi connectivity index (χ2v) is 10.6. The van der Waals surface area contributed by atoms with Gasteiger partial charge in [0.1, 0.15) is 0 Å². The van der Waals surface area contributed by atoms with Crippen molar-refractivity contribution in [1.82, 2.24) is 0 Å². The maximum Gasteiger partial charge on any atom is 0.246 e. The summed E-state index contributed by atoms with van der Waals surface area (Å²) in [7, 11) is -3.89. The Bertz CT molecular complexity index is 1110. The first-order valence-electron chi connectivity index (χ1n) is 9.97. The fourth-order valence-corrected chi connectivity index (χ4v) is 6.65. The van der Waals surface area contributed by atoms with Crippen LogP contribution in [0.4, 0.5) is 11.4 Å². The van der Waals surface area contributed by atoms with Crippen molar-refractivity contribution in [3.05, 3.63) is 53.1 Å². The molecule has 30 heavy (non-hydrogen) atoms. The van der Waals surface area contributed by atoms with E-state index in [0.717, 1.165) is 11.3 Å². The van der Waals surface area contributed by atoms with Crippen LogP contribution < -0.4 is 10.2 Å². The van der Waals surface area contributed by atoms with Gasteiger partial charge in [0.25, 0.3) is 0 Å². The van der Waals surface area contributed by atoms with Crippen LogP contribution in [0.25, 0.3) is 0 Å². The van der Waals surface area contributed by atoms with Gasteiger partial charge in [-0.3, -0.25) is 9.59 Å². The van der Waals surface area contributed by atoms with Crippen LogP contribution >= 0.6 is 11.6 Å². The number of nitrogens with zero attached hydrogens (tertiary/aromatic N) is 1. The molecule has 0 saturated heterocycles. The van der Waals surface area contributed by atoms with E-state index in [2.05, 4.69) is 5.32 Å². The molecule has 1 fully saturated rings. The number of amides is 2. The highest BCUT2D eigenvalue weighted by molar-refractivity contribution is 7.93. The van der Waals surface area contributed by atoms with Crippen molar-refractivity contribution in [1.29, 1.82) is 0 Å². The molecule has 4 rings (SSSR count). The number of anilines is 2. The molecule has 1 heterocycles. The molecule has 2 aromatic rings. The Morgan fingerprint density at radius 1 is 1.07 bits per heavy atom. The maximum absolute atomic E-state index is 13.5. The number of halogens is 1. The average Bonchev–Trinajstić information content (AvgIpc) is 3.36. The van der Waals surface area contributed by atoms with E-state index >= 15 is 0 Å². The van der Waals surface area contributed by atoms with Crippen LogP contribution in [0, 0.1) is 0 Å². The molecular formula is C22H23ClN2O4S. The summed E-state index contributed by atoms with van der Waals surface area (Å²) in [6, 6.07) is 11.3. The molecule has 8 heteroatoms. The van der Waals surface area contributed by atoms with Crippen LogP contribution in [0.2, 0.25) is 5.02 Å². The summed E-state index contributed by atoms with van der Waals surface area (Å²) >= 11 is 5.90. The SMILES string of the molecule is CC(=O)N1CCc2cc(NC(=O)C3(S(=O)(=O)c4ccc(Cl)cc4)CCCC3)ccc21. The Labute approximate surface area is 181 Å². The lowest BCUT2D eigenvalue weighted by Gasteiger charge is -2.28. The lowest BCUT2D eigenvalue weighted by molar-refractivity contribution is -0.118. The zero-order valence-electron chi connectivity index (χ0n) is 16.7. The molecule has 1 aliphatic heterocycles. The van der Waals surface area contributed by atoms with Gasteiger partial charge < -0.3 is 10.2 Å². The van der Waals surface area contributed by atoms with Gasteiger partial charge in [-0.1, -0.05) is 24.4 Å². The Morgan fingerprint density at radius 2 is 1.73 bits per heavy atom. The monoisotopic (exact) mass is 446 g/mol. The first kappa shape index (κ1) is 20.9. The normalized spacial score (nSPS) is 17.6. The van der Waals surface area contributed by atoms with Gasteiger partial charge in [0.15, 0.2) is 14.6 Å². The molecule has 1 N–H and O–H groups in total. The minimum atomic E-state index is -3.89. The summed E-state index contributed by atoms with van der Waals surface area (Å²) in [5, 5.41) is 3.28. The van der Waals surface area contributed by atoms with Crippen molar-refractivity contribution in [3.8, 4) is 0 Å². The topological polar surface area (TPSA) is 83.6 Å². The lowest BCUT2D eigenvalue weighted by atomic mass is 10.1. The molecule has 158 valence electrons. The Kier molecular flexibility index (Phi) is 5.36. The highest BCUT2D eigenvalue weighted by atomic mass is 35.5. The molecule has 0 aromatic heterocycles. The molecule has 1 aliphatic carbocycles. The van der Waals surface area contributed by atoms with Gasteiger partial charge in [0.05, 0.1) is 4.90 Å². The number of sulfone groups is 1. The van der Waals surface area contributed by atoms with E-state index < -0.39 is 20.5 Å². The quantitative estimate of drug-likeness (QED) is 0.770. The van der Waals surface area contributed by atoms with Gasteiger partial charge in [0.2, 0.25) is 11.8 Å². The Balaban J connectivity index is 1.64. The molecule has 0 spiro atoms. The summed E-state index contributed by atoms with van der Waals surface area (Å²) in [6.45, 7) is 2.13. The number of rotatable bonds is 4. The van der Waals surface area contributed by atoms with Crippen LogP contribution in [0.3, 0.4) is 0 Å². The zero-order valence-corrected chi connectivity index (χ0v) is 18.2. The summed E-state index contributed by atoms with van der Waals surface area (Å²) < 4.78 is 25.4. The molecule has 0 atom stereocenters. The molecule has 0 unspecified atom stereocenters. The van der Waals surface area contributed by atoms with E-state index in [1.54, 1.807) is 17.0 Å². The number of fused-ring (bicyclic) bond motifs is 1. The summed E-state index contributed by atoms with van der Waals surface area (Å²) in [5.74, 6) is -0.527. The van der Waals surface area contributed by atoms with Crippen molar-refractivity contribution in [3.63, 3.8) is 0 Å². The number of carbonyl (C=O) groups is 2. The van der Waals surface area contributed by atoms with Gasteiger partial charge in [-0.25, -0.2) is 8.42 Å². The molecule has 2 aliphatic rings. The van der Waals surface area contributed by atoms with Crippen molar-refractivity contribution in [2.75, 3.05) is 16.8 Å². The fourth-order valence-electron chi connectivity index (χ4n) is 4.45. The first-order valence-corrected chi connectivity index (χ1v) is 11.8. The fraction of sp³-hybridized carbons (Fsp3) is 0.364. The predicted molar refractivity (Wildman–Crippen MR) is 117 cm³/mol. The van der Waals surface area contributed by atoms with E-state index in [1.807, 2.05) is 6.07 Å². The summed E-state index contributed by atoms with van der Waals surface area (Å²) in [5.41, 5.74) is 2.34. The standard InChI is InChI=1S/C22H23ClN2O4S/c1-15(26)25-13-10-16-14-18(6-9-20(16)25)24-21(27)22(11-2-3-12-22)30(28,29)19-7-4-17(23)5-8-19/h4-9,14H,2-3,10-13H2,1H3,(H,24,27). The Morgan fingerprint density at radius 3 is 2.37 bits per heavy atom. The number of hydrogen-bond donors (Lipinski definition) is 1. The number of nitrogens with one attached hydrogen (secondary N) is 1. The molecular weight excluding hydrogens is 424 g/mol. The third kappa shape index (κ3) is 3.40. The molecule has 0 radical (unpaired) electrons. The van der Waals surface area contributed by atoms with Crippen molar-refractivity contribution in [2.45, 2.75) is 48.7 Å². The second kappa shape index (κ2) is 7.71. The van der Waals surface area contributed by atoms with Crippen LogP contribution in [-0.4, -0.2) is 31.5 Å². The van der Waals surface area contributed by atoms with Crippen LogP contribution in [0.5, 0.6) is 0 Å². The third-order valence-electron chi connectivity index (χ3n) is 6.08. The van der Waals surface area contributed by atoms with Gasteiger partial charge >= 0.3 is 0 Å². The number of hydrogen-bond acceptors (Lipinski definition) is 4. The van der Waals surface area contributed by atoms with Gasteiger partial charge in [-0.15, -0.1) is 0 Å². The molecule has 6 nitrogen and oxygen atoms in total. The van der Waals surface area contributed by atoms with E-state index in [-0.39, 0.29) is 23.6 Å². The van der Waals surface area contributed by atoms with Crippen molar-refractivity contribution < 1.29 is 18.0 Å². The Hall–Kier alpha value is -2.38. The number of benzene rings is 2.